The molecule has 1 aliphatic rings. The summed E-state index contributed by atoms with van der Waals surface area (Å²) in [6, 6.07) is 7.20. The summed E-state index contributed by atoms with van der Waals surface area (Å²) >= 11 is 1.93. The van der Waals surface area contributed by atoms with Crippen LogP contribution >= 0.6 is 11.8 Å². The zero-order valence-electron chi connectivity index (χ0n) is 9.58. The van der Waals surface area contributed by atoms with Gasteiger partial charge in [0, 0.05) is 5.69 Å². The molecule has 0 amide bonds. The molecule has 0 saturated carbocycles. The summed E-state index contributed by atoms with van der Waals surface area (Å²) in [5, 5.41) is 0. The highest BCUT2D eigenvalue weighted by Gasteiger charge is 2.36. The van der Waals surface area contributed by atoms with Gasteiger partial charge in [0.25, 0.3) is 0 Å². The molecule has 0 radical (unpaired) electrons. The summed E-state index contributed by atoms with van der Waals surface area (Å²) in [5.41, 5.74) is 5.86. The van der Waals surface area contributed by atoms with Crippen LogP contribution < -0.4 is 5.73 Å². The van der Waals surface area contributed by atoms with Crippen molar-refractivity contribution in [3.8, 4) is 0 Å². The van der Waals surface area contributed by atoms with Crippen LogP contribution in [0.3, 0.4) is 0 Å². The number of anilines is 1. The Morgan fingerprint density at radius 2 is 1.81 bits per heavy atom. The van der Waals surface area contributed by atoms with E-state index in [9.17, 15) is 4.39 Å². The van der Waals surface area contributed by atoms with Crippen LogP contribution in [-0.2, 0) is 5.67 Å². The number of hydrogen-bond acceptors (Lipinski definition) is 2. The van der Waals surface area contributed by atoms with E-state index < -0.39 is 5.67 Å². The van der Waals surface area contributed by atoms with Crippen molar-refractivity contribution in [1.29, 1.82) is 0 Å². The summed E-state index contributed by atoms with van der Waals surface area (Å²) in [4.78, 5) is 0. The van der Waals surface area contributed by atoms with Crippen molar-refractivity contribution < 1.29 is 4.39 Å². The average Bonchev–Trinajstić information content (AvgIpc) is 2.31. The predicted molar refractivity (Wildman–Crippen MR) is 69.4 cm³/mol. The van der Waals surface area contributed by atoms with Gasteiger partial charge in [-0.05, 0) is 54.9 Å². The normalized spacial score (nSPS) is 21.6. The highest BCUT2D eigenvalue weighted by atomic mass is 32.2. The Morgan fingerprint density at radius 1 is 1.25 bits per heavy atom. The minimum atomic E-state index is -1.21. The number of thioether (sulfide) groups is 1. The topological polar surface area (TPSA) is 26.0 Å². The van der Waals surface area contributed by atoms with E-state index in [-0.39, 0.29) is 5.92 Å². The van der Waals surface area contributed by atoms with Gasteiger partial charge in [0.05, 0.1) is 0 Å². The second kappa shape index (κ2) is 4.66. The van der Waals surface area contributed by atoms with Gasteiger partial charge in [-0.1, -0.05) is 12.1 Å². The van der Waals surface area contributed by atoms with Crippen molar-refractivity contribution in [1.82, 2.24) is 0 Å². The first-order valence-electron chi connectivity index (χ1n) is 5.73. The highest BCUT2D eigenvalue weighted by Crippen LogP contribution is 2.41. The van der Waals surface area contributed by atoms with Gasteiger partial charge in [0.2, 0.25) is 0 Å². The molecular weight excluding hydrogens is 221 g/mol. The molecule has 1 aromatic carbocycles. The van der Waals surface area contributed by atoms with Gasteiger partial charge in [-0.25, -0.2) is 4.39 Å². The lowest BCUT2D eigenvalue weighted by atomic mass is 9.81. The Hall–Kier alpha value is -0.700. The van der Waals surface area contributed by atoms with E-state index in [1.165, 1.54) is 0 Å². The summed E-state index contributed by atoms with van der Waals surface area (Å²) < 4.78 is 14.8. The minimum Gasteiger partial charge on any atom is -0.399 e. The number of nitrogens with two attached hydrogens (primary N) is 1. The van der Waals surface area contributed by atoms with E-state index in [0.29, 0.717) is 5.69 Å². The van der Waals surface area contributed by atoms with Gasteiger partial charge in [-0.3, -0.25) is 0 Å². The third kappa shape index (κ3) is 2.34. The average molecular weight is 239 g/mol. The second-order valence-corrected chi connectivity index (χ2v) is 5.81. The molecule has 0 bridgehead atoms. The number of alkyl halides is 1. The highest BCUT2D eigenvalue weighted by molar-refractivity contribution is 7.99. The monoisotopic (exact) mass is 239 g/mol. The fourth-order valence-corrected chi connectivity index (χ4v) is 3.39. The summed E-state index contributed by atoms with van der Waals surface area (Å²) in [7, 11) is 0. The fraction of sp³-hybridized carbons (Fsp3) is 0.538. The van der Waals surface area contributed by atoms with Crippen molar-refractivity contribution >= 4 is 17.4 Å². The first-order chi connectivity index (χ1) is 7.60. The smallest absolute Gasteiger partial charge is 0.136 e. The van der Waals surface area contributed by atoms with Gasteiger partial charge in [0.15, 0.2) is 0 Å². The van der Waals surface area contributed by atoms with Crippen LogP contribution in [0.25, 0.3) is 0 Å². The van der Waals surface area contributed by atoms with Crippen LogP contribution in [0.4, 0.5) is 10.1 Å². The molecule has 1 saturated heterocycles. The molecule has 0 aromatic heterocycles. The largest absolute Gasteiger partial charge is 0.399 e. The molecule has 16 heavy (non-hydrogen) atoms. The second-order valence-electron chi connectivity index (χ2n) is 4.58. The number of nitrogen functional groups attached to an aromatic ring is 1. The predicted octanol–water partition coefficient (Wildman–Crippen LogP) is 3.60. The maximum absolute atomic E-state index is 14.8. The molecule has 0 aliphatic carbocycles. The van der Waals surface area contributed by atoms with Crippen LogP contribution in [-0.4, -0.2) is 11.5 Å². The van der Waals surface area contributed by atoms with Crippen LogP contribution in [0.5, 0.6) is 0 Å². The lowest BCUT2D eigenvalue weighted by Crippen LogP contribution is -2.30. The molecule has 1 unspecified atom stereocenters. The maximum Gasteiger partial charge on any atom is 0.136 e. The van der Waals surface area contributed by atoms with Crippen molar-refractivity contribution in [2.75, 3.05) is 17.2 Å². The molecular formula is C13H18FNS. The quantitative estimate of drug-likeness (QED) is 0.798. The molecule has 1 heterocycles. The zero-order chi connectivity index (χ0) is 11.6. The molecule has 1 aromatic rings. The van der Waals surface area contributed by atoms with Gasteiger partial charge >= 0.3 is 0 Å². The van der Waals surface area contributed by atoms with Gasteiger partial charge < -0.3 is 5.73 Å². The Morgan fingerprint density at radius 3 is 2.38 bits per heavy atom. The zero-order valence-corrected chi connectivity index (χ0v) is 10.4. The standard InChI is InChI=1S/C13H18FNS/c1-13(14,11-6-8-16-9-7-11)10-2-4-12(15)5-3-10/h2-5,11H,6-9,15H2,1H3. The molecule has 0 spiro atoms. The van der Waals surface area contributed by atoms with Gasteiger partial charge in [-0.2, -0.15) is 11.8 Å². The molecule has 1 nitrogen and oxygen atoms in total. The van der Waals surface area contributed by atoms with E-state index in [2.05, 4.69) is 0 Å². The molecule has 1 aliphatic heterocycles. The molecule has 1 atom stereocenters. The number of halogens is 1. The van der Waals surface area contributed by atoms with Gasteiger partial charge in [-0.15, -0.1) is 0 Å². The Labute approximate surface area is 101 Å². The summed E-state index contributed by atoms with van der Waals surface area (Å²) in [5.74, 6) is 2.32. The van der Waals surface area contributed by atoms with Crippen molar-refractivity contribution in [2.45, 2.75) is 25.4 Å². The van der Waals surface area contributed by atoms with Crippen LogP contribution in [0.1, 0.15) is 25.3 Å². The van der Waals surface area contributed by atoms with Crippen molar-refractivity contribution in [3.63, 3.8) is 0 Å². The lowest BCUT2D eigenvalue weighted by molar-refractivity contribution is 0.0937. The fourth-order valence-electron chi connectivity index (χ4n) is 2.28. The van der Waals surface area contributed by atoms with E-state index in [0.717, 1.165) is 29.9 Å². The Balaban J connectivity index is 2.19. The lowest BCUT2D eigenvalue weighted by Gasteiger charge is -2.33. The van der Waals surface area contributed by atoms with E-state index in [1.807, 2.05) is 23.9 Å². The Kier molecular flexibility index (Phi) is 3.43. The third-order valence-corrected chi connectivity index (χ3v) is 4.51. The van der Waals surface area contributed by atoms with Crippen LogP contribution in [0, 0.1) is 5.92 Å². The van der Waals surface area contributed by atoms with Crippen LogP contribution in [0.2, 0.25) is 0 Å². The van der Waals surface area contributed by atoms with Crippen molar-refractivity contribution in [2.24, 2.45) is 5.92 Å². The summed E-state index contributed by atoms with van der Waals surface area (Å²) in [6.45, 7) is 1.71. The number of hydrogen-bond donors (Lipinski definition) is 1. The number of rotatable bonds is 2. The van der Waals surface area contributed by atoms with Crippen LogP contribution in [0.15, 0.2) is 24.3 Å². The number of benzene rings is 1. The SMILES string of the molecule is CC(F)(c1ccc(N)cc1)C1CCSCC1. The minimum absolute atomic E-state index is 0.150. The Bertz CT molecular complexity index is 341. The molecule has 1 fully saturated rings. The first-order valence-corrected chi connectivity index (χ1v) is 6.89. The molecule has 3 heteroatoms. The first kappa shape index (κ1) is 11.8. The molecule has 2 N–H and O–H groups in total. The maximum atomic E-state index is 14.8. The summed E-state index contributed by atoms with van der Waals surface area (Å²) in [6.07, 6.45) is 1.95. The van der Waals surface area contributed by atoms with Crippen molar-refractivity contribution in [3.05, 3.63) is 29.8 Å². The third-order valence-electron chi connectivity index (χ3n) is 3.46. The van der Waals surface area contributed by atoms with Gasteiger partial charge in [0.1, 0.15) is 5.67 Å². The van der Waals surface area contributed by atoms with E-state index in [1.54, 1.807) is 19.1 Å². The van der Waals surface area contributed by atoms with E-state index >= 15 is 0 Å². The molecule has 2 rings (SSSR count). The van der Waals surface area contributed by atoms with E-state index in [4.69, 9.17) is 5.73 Å². The molecule has 88 valence electrons.